The van der Waals surface area contributed by atoms with Crippen LogP contribution >= 0.6 is 0 Å². The third kappa shape index (κ3) is 3.85. The van der Waals surface area contributed by atoms with Crippen molar-refractivity contribution in [2.24, 2.45) is 5.73 Å². The van der Waals surface area contributed by atoms with Gasteiger partial charge in [-0.15, -0.1) is 0 Å². The molecule has 106 valence electrons. The van der Waals surface area contributed by atoms with Crippen LogP contribution in [0.3, 0.4) is 0 Å². The summed E-state index contributed by atoms with van der Waals surface area (Å²) in [6.45, 7) is 1.86. The van der Waals surface area contributed by atoms with E-state index in [0.29, 0.717) is 19.6 Å². The maximum Gasteiger partial charge on any atom is 0.130 e. The van der Waals surface area contributed by atoms with Crippen molar-refractivity contribution in [1.29, 1.82) is 0 Å². The maximum absolute atomic E-state index is 13.7. The molecule has 0 aliphatic rings. The second-order valence-corrected chi connectivity index (χ2v) is 4.69. The zero-order valence-electron chi connectivity index (χ0n) is 11.2. The summed E-state index contributed by atoms with van der Waals surface area (Å²) in [6, 6.07) is 13.7. The van der Waals surface area contributed by atoms with Crippen LogP contribution in [0.2, 0.25) is 0 Å². The standard InChI is InChI=1S/C16H18F2N2/c17-15-7-4-8-16(18)14(15)12-20(10-9-19)11-13-5-2-1-3-6-13/h1-8H,9-12,19H2. The van der Waals surface area contributed by atoms with Gasteiger partial charge in [0, 0.05) is 31.7 Å². The van der Waals surface area contributed by atoms with Gasteiger partial charge in [-0.25, -0.2) is 8.78 Å². The molecule has 2 aromatic rings. The number of benzene rings is 2. The molecular weight excluding hydrogens is 258 g/mol. The van der Waals surface area contributed by atoms with Gasteiger partial charge in [0.2, 0.25) is 0 Å². The molecule has 0 aromatic heterocycles. The molecule has 20 heavy (non-hydrogen) atoms. The lowest BCUT2D eigenvalue weighted by atomic mass is 10.1. The summed E-state index contributed by atoms with van der Waals surface area (Å²) in [6.07, 6.45) is 0. The summed E-state index contributed by atoms with van der Waals surface area (Å²) in [4.78, 5) is 1.94. The lowest BCUT2D eigenvalue weighted by Gasteiger charge is -2.22. The van der Waals surface area contributed by atoms with Crippen LogP contribution in [0.1, 0.15) is 11.1 Å². The van der Waals surface area contributed by atoms with Gasteiger partial charge in [-0.05, 0) is 17.7 Å². The van der Waals surface area contributed by atoms with Crippen LogP contribution in [-0.2, 0) is 13.1 Å². The molecule has 0 bridgehead atoms. The van der Waals surface area contributed by atoms with Gasteiger partial charge in [0.15, 0.2) is 0 Å². The molecule has 0 unspecified atom stereocenters. The van der Waals surface area contributed by atoms with Gasteiger partial charge in [0.1, 0.15) is 11.6 Å². The number of halogens is 2. The molecule has 0 aliphatic carbocycles. The van der Waals surface area contributed by atoms with Crippen molar-refractivity contribution in [2.75, 3.05) is 13.1 Å². The van der Waals surface area contributed by atoms with Crippen molar-refractivity contribution in [3.05, 3.63) is 71.3 Å². The molecular formula is C16H18F2N2. The third-order valence-corrected chi connectivity index (χ3v) is 3.14. The minimum Gasteiger partial charge on any atom is -0.329 e. The summed E-state index contributed by atoms with van der Waals surface area (Å²) in [5, 5.41) is 0. The first-order valence-corrected chi connectivity index (χ1v) is 6.60. The summed E-state index contributed by atoms with van der Waals surface area (Å²) < 4.78 is 27.4. The topological polar surface area (TPSA) is 29.3 Å². The minimum absolute atomic E-state index is 0.0943. The maximum atomic E-state index is 13.7. The second-order valence-electron chi connectivity index (χ2n) is 4.69. The highest BCUT2D eigenvalue weighted by atomic mass is 19.1. The molecule has 0 atom stereocenters. The largest absolute Gasteiger partial charge is 0.329 e. The predicted molar refractivity (Wildman–Crippen MR) is 76.0 cm³/mol. The van der Waals surface area contributed by atoms with E-state index in [1.807, 2.05) is 35.2 Å². The van der Waals surface area contributed by atoms with Crippen molar-refractivity contribution >= 4 is 0 Å². The van der Waals surface area contributed by atoms with Crippen molar-refractivity contribution in [3.8, 4) is 0 Å². The highest BCUT2D eigenvalue weighted by molar-refractivity contribution is 5.20. The number of hydrogen-bond donors (Lipinski definition) is 1. The van der Waals surface area contributed by atoms with E-state index < -0.39 is 11.6 Å². The molecule has 0 radical (unpaired) electrons. The van der Waals surface area contributed by atoms with Crippen LogP contribution in [-0.4, -0.2) is 18.0 Å². The Morgan fingerprint density at radius 1 is 0.850 bits per heavy atom. The van der Waals surface area contributed by atoms with Crippen molar-refractivity contribution < 1.29 is 8.78 Å². The molecule has 0 saturated heterocycles. The number of nitrogens with zero attached hydrogens (tertiary/aromatic N) is 1. The van der Waals surface area contributed by atoms with E-state index in [4.69, 9.17) is 5.73 Å². The summed E-state index contributed by atoms with van der Waals surface area (Å²) >= 11 is 0. The minimum atomic E-state index is -0.514. The van der Waals surface area contributed by atoms with Crippen LogP contribution in [0.25, 0.3) is 0 Å². The zero-order chi connectivity index (χ0) is 14.4. The predicted octanol–water partition coefficient (Wildman–Crippen LogP) is 2.93. The van der Waals surface area contributed by atoms with E-state index >= 15 is 0 Å². The van der Waals surface area contributed by atoms with Crippen molar-refractivity contribution in [2.45, 2.75) is 13.1 Å². The zero-order valence-corrected chi connectivity index (χ0v) is 11.2. The Balaban J connectivity index is 2.13. The lowest BCUT2D eigenvalue weighted by molar-refractivity contribution is 0.256. The molecule has 2 rings (SSSR count). The normalized spacial score (nSPS) is 11.0. The Morgan fingerprint density at radius 2 is 1.50 bits per heavy atom. The smallest absolute Gasteiger partial charge is 0.130 e. The number of nitrogens with two attached hydrogens (primary N) is 1. The first kappa shape index (κ1) is 14.6. The molecule has 0 fully saturated rings. The molecule has 4 heteroatoms. The fourth-order valence-electron chi connectivity index (χ4n) is 2.15. The quantitative estimate of drug-likeness (QED) is 0.879. The molecule has 0 spiro atoms. The molecule has 2 aromatic carbocycles. The van der Waals surface area contributed by atoms with Gasteiger partial charge >= 0.3 is 0 Å². The Kier molecular flexibility index (Phi) is 5.21. The van der Waals surface area contributed by atoms with E-state index in [1.165, 1.54) is 18.2 Å². The van der Waals surface area contributed by atoms with Gasteiger partial charge in [-0.1, -0.05) is 36.4 Å². The van der Waals surface area contributed by atoms with Gasteiger partial charge in [0.05, 0.1) is 0 Å². The fourth-order valence-corrected chi connectivity index (χ4v) is 2.15. The second kappa shape index (κ2) is 7.12. The van der Waals surface area contributed by atoms with E-state index in [0.717, 1.165) is 5.56 Å². The lowest BCUT2D eigenvalue weighted by Crippen LogP contribution is -2.29. The van der Waals surface area contributed by atoms with Crippen molar-refractivity contribution in [1.82, 2.24) is 4.90 Å². The van der Waals surface area contributed by atoms with E-state index in [9.17, 15) is 8.78 Å². The fraction of sp³-hybridized carbons (Fsp3) is 0.250. The summed E-state index contributed by atoms with van der Waals surface area (Å²) in [5.74, 6) is -1.03. The Morgan fingerprint density at radius 3 is 2.10 bits per heavy atom. The molecule has 2 nitrogen and oxygen atoms in total. The van der Waals surface area contributed by atoms with Crippen LogP contribution in [0.4, 0.5) is 8.78 Å². The summed E-state index contributed by atoms with van der Waals surface area (Å²) in [7, 11) is 0. The Bertz CT molecular complexity index is 523. The number of hydrogen-bond acceptors (Lipinski definition) is 2. The van der Waals surface area contributed by atoms with Crippen LogP contribution in [0.5, 0.6) is 0 Å². The van der Waals surface area contributed by atoms with Crippen LogP contribution in [0.15, 0.2) is 48.5 Å². The molecule has 2 N–H and O–H groups in total. The molecule has 0 amide bonds. The van der Waals surface area contributed by atoms with E-state index in [1.54, 1.807) is 0 Å². The average molecular weight is 276 g/mol. The van der Waals surface area contributed by atoms with Crippen LogP contribution in [0, 0.1) is 11.6 Å². The highest BCUT2D eigenvalue weighted by Crippen LogP contribution is 2.16. The van der Waals surface area contributed by atoms with Gasteiger partial charge in [-0.2, -0.15) is 0 Å². The van der Waals surface area contributed by atoms with Crippen LogP contribution < -0.4 is 5.73 Å². The van der Waals surface area contributed by atoms with E-state index in [2.05, 4.69) is 0 Å². The van der Waals surface area contributed by atoms with E-state index in [-0.39, 0.29) is 12.1 Å². The molecule has 0 saturated carbocycles. The van der Waals surface area contributed by atoms with Gasteiger partial charge in [-0.3, -0.25) is 4.90 Å². The first-order valence-electron chi connectivity index (χ1n) is 6.60. The van der Waals surface area contributed by atoms with Gasteiger partial charge < -0.3 is 5.73 Å². The average Bonchev–Trinajstić information content (AvgIpc) is 2.44. The third-order valence-electron chi connectivity index (χ3n) is 3.14. The first-order chi connectivity index (χ1) is 9.70. The Hall–Kier alpha value is -1.78. The summed E-state index contributed by atoms with van der Waals surface area (Å²) in [5.41, 5.74) is 6.77. The highest BCUT2D eigenvalue weighted by Gasteiger charge is 2.13. The monoisotopic (exact) mass is 276 g/mol. The Labute approximate surface area is 117 Å². The van der Waals surface area contributed by atoms with Crippen molar-refractivity contribution in [3.63, 3.8) is 0 Å². The number of rotatable bonds is 6. The van der Waals surface area contributed by atoms with Gasteiger partial charge in [0.25, 0.3) is 0 Å². The molecule has 0 aliphatic heterocycles. The molecule has 0 heterocycles. The SMILES string of the molecule is NCCN(Cc1ccccc1)Cc1c(F)cccc1F.